The fourth-order valence-electron chi connectivity index (χ4n) is 5.35. The maximum absolute atomic E-state index is 6.72. The molecule has 0 N–H and O–H groups in total. The highest BCUT2D eigenvalue weighted by molar-refractivity contribution is 6.02. The maximum atomic E-state index is 6.72. The van der Waals surface area contributed by atoms with Gasteiger partial charge in [-0.1, -0.05) is 18.2 Å². The molecule has 4 heterocycles. The van der Waals surface area contributed by atoms with E-state index < -0.39 is 0 Å². The molecule has 31 heavy (non-hydrogen) atoms. The average Bonchev–Trinajstić information content (AvgIpc) is 3.26. The fourth-order valence-corrected chi connectivity index (χ4v) is 5.35. The van der Waals surface area contributed by atoms with Gasteiger partial charge in [0.2, 0.25) is 5.72 Å². The van der Waals surface area contributed by atoms with E-state index in [0.717, 1.165) is 60.9 Å². The minimum Gasteiger partial charge on any atom is -0.486 e. The topological polar surface area (TPSA) is 46.5 Å². The summed E-state index contributed by atoms with van der Waals surface area (Å²) in [5.41, 5.74) is 3.05. The number of para-hydroxylation sites is 1. The van der Waals surface area contributed by atoms with E-state index in [1.807, 2.05) is 6.07 Å². The van der Waals surface area contributed by atoms with Crippen LogP contribution in [0.1, 0.15) is 50.3 Å². The van der Waals surface area contributed by atoms with Crippen LogP contribution in [0.3, 0.4) is 0 Å². The lowest BCUT2D eigenvalue weighted by Gasteiger charge is -2.51. The van der Waals surface area contributed by atoms with Gasteiger partial charge in [0.1, 0.15) is 19.0 Å². The summed E-state index contributed by atoms with van der Waals surface area (Å²) >= 11 is 0. The standard InChI is InChI=1S/C25H29N3O3/c1-17(2)27-11-9-25(10-12-27)28-21(19-5-3-4-6-22(19)31-25)16-20(26-28)18-7-8-23-24(15-18)30-14-13-29-23/h3-8,15,17,21H,9-14,16H2,1-2H3. The van der Waals surface area contributed by atoms with Crippen LogP contribution in [0.5, 0.6) is 17.2 Å². The third kappa shape index (κ3) is 3.07. The highest BCUT2D eigenvalue weighted by Gasteiger charge is 2.51. The van der Waals surface area contributed by atoms with Gasteiger partial charge in [0, 0.05) is 49.5 Å². The van der Waals surface area contributed by atoms with E-state index in [1.54, 1.807) is 0 Å². The zero-order valence-corrected chi connectivity index (χ0v) is 18.2. The van der Waals surface area contributed by atoms with Crippen molar-refractivity contribution in [2.75, 3.05) is 26.3 Å². The van der Waals surface area contributed by atoms with Gasteiger partial charge < -0.3 is 19.1 Å². The van der Waals surface area contributed by atoms with E-state index in [-0.39, 0.29) is 11.8 Å². The van der Waals surface area contributed by atoms with Gasteiger partial charge in [-0.05, 0) is 38.1 Å². The minimum atomic E-state index is -0.375. The van der Waals surface area contributed by atoms with Gasteiger partial charge in [-0.2, -0.15) is 5.10 Å². The Hall–Kier alpha value is -2.73. The smallest absolute Gasteiger partial charge is 0.200 e. The first-order valence-electron chi connectivity index (χ1n) is 11.4. The van der Waals surface area contributed by atoms with E-state index in [9.17, 15) is 0 Å². The van der Waals surface area contributed by atoms with Gasteiger partial charge in [0.05, 0.1) is 11.8 Å². The number of nitrogens with zero attached hydrogens (tertiary/aromatic N) is 3. The van der Waals surface area contributed by atoms with E-state index in [1.165, 1.54) is 5.56 Å². The van der Waals surface area contributed by atoms with Crippen LogP contribution in [0.2, 0.25) is 0 Å². The first kappa shape index (κ1) is 19.0. The molecule has 162 valence electrons. The van der Waals surface area contributed by atoms with E-state index in [0.29, 0.717) is 19.3 Å². The third-order valence-corrected chi connectivity index (χ3v) is 7.09. The second-order valence-corrected chi connectivity index (χ2v) is 9.19. The molecule has 0 aliphatic carbocycles. The first-order chi connectivity index (χ1) is 15.1. The van der Waals surface area contributed by atoms with Crippen molar-refractivity contribution in [1.82, 2.24) is 9.91 Å². The summed E-state index contributed by atoms with van der Waals surface area (Å²) in [6.07, 6.45) is 2.78. The molecule has 6 heteroatoms. The van der Waals surface area contributed by atoms with Crippen molar-refractivity contribution in [3.05, 3.63) is 53.6 Å². The SMILES string of the molecule is CC(C)N1CCC2(CC1)Oc1ccccc1C1CC(c3ccc4c(c3)OCCO4)=NN12. The van der Waals surface area contributed by atoms with Crippen LogP contribution in [0.25, 0.3) is 0 Å². The van der Waals surface area contributed by atoms with E-state index in [2.05, 4.69) is 60.2 Å². The molecule has 6 nitrogen and oxygen atoms in total. The average molecular weight is 420 g/mol. The lowest BCUT2D eigenvalue weighted by molar-refractivity contribution is -0.152. The highest BCUT2D eigenvalue weighted by atomic mass is 16.6. The molecule has 4 aliphatic rings. The molecule has 0 amide bonds. The largest absolute Gasteiger partial charge is 0.486 e. The van der Waals surface area contributed by atoms with Crippen LogP contribution in [-0.4, -0.2) is 53.7 Å². The number of rotatable bonds is 2. The van der Waals surface area contributed by atoms with Crippen molar-refractivity contribution in [3.63, 3.8) is 0 Å². The lowest BCUT2D eigenvalue weighted by Crippen LogP contribution is -2.59. The predicted molar refractivity (Wildman–Crippen MR) is 119 cm³/mol. The number of piperidine rings is 1. The number of hydrogen-bond donors (Lipinski definition) is 0. The minimum absolute atomic E-state index is 0.207. The van der Waals surface area contributed by atoms with Crippen molar-refractivity contribution in [1.29, 1.82) is 0 Å². The van der Waals surface area contributed by atoms with Gasteiger partial charge in [0.25, 0.3) is 0 Å². The van der Waals surface area contributed by atoms with Crippen molar-refractivity contribution in [2.24, 2.45) is 5.10 Å². The molecule has 2 aromatic carbocycles. The summed E-state index contributed by atoms with van der Waals surface area (Å²) in [6, 6.07) is 15.4. The number of benzene rings is 2. The van der Waals surface area contributed by atoms with Crippen molar-refractivity contribution in [2.45, 2.75) is 50.9 Å². The number of hydrazone groups is 1. The Kier molecular flexibility index (Phi) is 4.39. The Morgan fingerprint density at radius 2 is 1.74 bits per heavy atom. The van der Waals surface area contributed by atoms with Crippen molar-refractivity contribution < 1.29 is 14.2 Å². The third-order valence-electron chi connectivity index (χ3n) is 7.09. The van der Waals surface area contributed by atoms with E-state index in [4.69, 9.17) is 19.3 Å². The summed E-state index contributed by atoms with van der Waals surface area (Å²) < 4.78 is 18.2. The Morgan fingerprint density at radius 1 is 0.968 bits per heavy atom. The van der Waals surface area contributed by atoms with Gasteiger partial charge in [-0.15, -0.1) is 0 Å². The zero-order chi connectivity index (χ0) is 21.0. The molecule has 1 atom stereocenters. The summed E-state index contributed by atoms with van der Waals surface area (Å²) in [5.74, 6) is 2.64. The molecule has 1 fully saturated rings. The van der Waals surface area contributed by atoms with Crippen LogP contribution in [-0.2, 0) is 0 Å². The molecule has 0 aromatic heterocycles. The summed E-state index contributed by atoms with van der Waals surface area (Å²) in [4.78, 5) is 2.53. The lowest BCUT2D eigenvalue weighted by atomic mass is 9.90. The van der Waals surface area contributed by atoms with Crippen molar-refractivity contribution >= 4 is 5.71 Å². The number of fused-ring (bicyclic) bond motifs is 5. The van der Waals surface area contributed by atoms with Crippen LogP contribution >= 0.6 is 0 Å². The summed E-state index contributed by atoms with van der Waals surface area (Å²) in [7, 11) is 0. The fraction of sp³-hybridized carbons (Fsp3) is 0.480. The van der Waals surface area contributed by atoms with Gasteiger partial charge in [0.15, 0.2) is 11.5 Å². The molecular formula is C25H29N3O3. The first-order valence-corrected chi connectivity index (χ1v) is 11.4. The predicted octanol–water partition coefficient (Wildman–Crippen LogP) is 4.20. The Balaban J connectivity index is 1.37. The van der Waals surface area contributed by atoms with Crippen LogP contribution in [0.4, 0.5) is 0 Å². The summed E-state index contributed by atoms with van der Waals surface area (Å²) in [6.45, 7) is 7.79. The molecule has 1 unspecified atom stereocenters. The van der Waals surface area contributed by atoms with Gasteiger partial charge in [-0.3, -0.25) is 0 Å². The van der Waals surface area contributed by atoms with Crippen LogP contribution in [0, 0.1) is 0 Å². The molecule has 0 saturated carbocycles. The number of hydrogen-bond acceptors (Lipinski definition) is 6. The second-order valence-electron chi connectivity index (χ2n) is 9.19. The molecule has 1 spiro atoms. The van der Waals surface area contributed by atoms with E-state index >= 15 is 0 Å². The molecule has 0 bridgehead atoms. The van der Waals surface area contributed by atoms with Crippen LogP contribution < -0.4 is 14.2 Å². The molecule has 2 aromatic rings. The molecule has 6 rings (SSSR count). The Bertz CT molecular complexity index is 1030. The number of ether oxygens (including phenoxy) is 3. The monoisotopic (exact) mass is 419 g/mol. The Labute approximate surface area is 183 Å². The maximum Gasteiger partial charge on any atom is 0.200 e. The zero-order valence-electron chi connectivity index (χ0n) is 18.2. The normalized spacial score (nSPS) is 23.9. The summed E-state index contributed by atoms with van der Waals surface area (Å²) in [5, 5.41) is 7.46. The van der Waals surface area contributed by atoms with Crippen molar-refractivity contribution in [3.8, 4) is 17.2 Å². The van der Waals surface area contributed by atoms with Gasteiger partial charge in [-0.25, -0.2) is 5.01 Å². The van der Waals surface area contributed by atoms with Gasteiger partial charge >= 0.3 is 0 Å². The second kappa shape index (κ2) is 7.16. The molecular weight excluding hydrogens is 390 g/mol. The molecule has 4 aliphatic heterocycles. The molecule has 1 saturated heterocycles. The van der Waals surface area contributed by atoms with Crippen LogP contribution in [0.15, 0.2) is 47.6 Å². The quantitative estimate of drug-likeness (QED) is 0.730. The molecule has 0 radical (unpaired) electrons. The Morgan fingerprint density at radius 3 is 2.55 bits per heavy atom. The number of likely N-dealkylation sites (tertiary alicyclic amines) is 1. The highest BCUT2D eigenvalue weighted by Crippen LogP contribution is 2.50.